The van der Waals surface area contributed by atoms with E-state index in [2.05, 4.69) is 36.3 Å². The number of hydrogen-bond donors (Lipinski definition) is 2. The van der Waals surface area contributed by atoms with Gasteiger partial charge in [-0.2, -0.15) is 28.4 Å². The van der Waals surface area contributed by atoms with Crippen LogP contribution in [-0.2, 0) is 22.4 Å². The number of aliphatic carboxylic acids is 2. The second-order valence-corrected chi connectivity index (χ2v) is 15.5. The van der Waals surface area contributed by atoms with E-state index in [9.17, 15) is 28.0 Å². The maximum atomic E-state index is 12.4. The van der Waals surface area contributed by atoms with Gasteiger partial charge in [-0.1, -0.05) is 58.3 Å². The number of halogens is 5. The van der Waals surface area contributed by atoms with E-state index in [4.69, 9.17) is 40.3 Å². The van der Waals surface area contributed by atoms with Gasteiger partial charge in [0.15, 0.2) is 6.61 Å². The minimum atomic E-state index is -4.48. The number of hydrogen-bond acceptors (Lipinski definition) is 13. The summed E-state index contributed by atoms with van der Waals surface area (Å²) in [5, 5.41) is 38.9. The van der Waals surface area contributed by atoms with Gasteiger partial charge in [0, 0.05) is 69.6 Å². The van der Waals surface area contributed by atoms with Gasteiger partial charge in [-0.3, -0.25) is 19.6 Å². The van der Waals surface area contributed by atoms with Crippen LogP contribution in [0.1, 0.15) is 42.6 Å². The first-order chi connectivity index (χ1) is 31.8. The summed E-state index contributed by atoms with van der Waals surface area (Å²) < 4.78 is 58.4. The standard InChI is InChI=1S/C25H20N4O4.C22H15ClF3N3O4.ClH/c26-13-17-12-16(6-8-22(17)32-14-15-4-5-15)25-28-24(29-33-25)20-3-1-2-19-18(20)10-11-27-21(19)7-9-23(30)31;23-16-10-12(4-6-18(16)32-11-22(24,25)26)21-28-20(29-33-21)15-3-1-2-14-13(15)8-9-27-17(14)5-7-19(30)31;/h1-3,6,8,10-12,15H,4-5,7,9,14H2,(H,30,31);1-4,6,8-10H,5,7,11H2,(H,30,31);1H. The summed E-state index contributed by atoms with van der Waals surface area (Å²) in [5.74, 6) is 0.345. The van der Waals surface area contributed by atoms with Crippen molar-refractivity contribution < 1.29 is 51.5 Å². The maximum Gasteiger partial charge on any atom is 0.422 e. The molecular weight excluding hydrogens is 918 g/mol. The molecule has 1 aliphatic rings. The Morgan fingerprint density at radius 1 is 0.731 bits per heavy atom. The Balaban J connectivity index is 0.000000196. The van der Waals surface area contributed by atoms with Crippen LogP contribution in [0.15, 0.2) is 106 Å². The Morgan fingerprint density at radius 2 is 1.25 bits per heavy atom. The lowest BCUT2D eigenvalue weighted by Gasteiger charge is -2.10. The molecule has 20 heteroatoms. The van der Waals surface area contributed by atoms with Gasteiger partial charge in [-0.25, -0.2) is 0 Å². The third-order valence-corrected chi connectivity index (χ3v) is 10.6. The normalized spacial score (nSPS) is 12.2. The number of carboxylic acid groups (broad SMARTS) is 2. The molecule has 342 valence electrons. The first kappa shape index (κ1) is 47.3. The van der Waals surface area contributed by atoms with Crippen molar-refractivity contribution in [3.63, 3.8) is 0 Å². The highest BCUT2D eigenvalue weighted by Gasteiger charge is 2.29. The fourth-order valence-electron chi connectivity index (χ4n) is 6.95. The van der Waals surface area contributed by atoms with Gasteiger partial charge >= 0.3 is 18.1 Å². The molecule has 9 rings (SSSR count). The van der Waals surface area contributed by atoms with Gasteiger partial charge in [-0.15, -0.1) is 12.4 Å². The molecule has 4 aromatic heterocycles. The second kappa shape index (κ2) is 20.7. The number of aryl methyl sites for hydroxylation is 2. The number of carboxylic acids is 2. The van der Waals surface area contributed by atoms with Gasteiger partial charge in [0.25, 0.3) is 11.8 Å². The van der Waals surface area contributed by atoms with Gasteiger partial charge in [0.2, 0.25) is 11.6 Å². The maximum absolute atomic E-state index is 12.4. The predicted octanol–water partition coefficient (Wildman–Crippen LogP) is 10.6. The van der Waals surface area contributed by atoms with E-state index in [1.165, 1.54) is 31.0 Å². The fraction of sp³-hybridized carbons (Fsp3) is 0.213. The van der Waals surface area contributed by atoms with Gasteiger partial charge in [0.1, 0.15) is 17.6 Å². The van der Waals surface area contributed by atoms with Crippen LogP contribution < -0.4 is 9.47 Å². The van der Waals surface area contributed by atoms with Crippen LogP contribution in [0, 0.1) is 17.2 Å². The largest absolute Gasteiger partial charge is 0.492 e. The summed E-state index contributed by atoms with van der Waals surface area (Å²) in [5.41, 5.74) is 4.22. The van der Waals surface area contributed by atoms with E-state index in [1.54, 1.807) is 48.8 Å². The van der Waals surface area contributed by atoms with Crippen LogP contribution in [0.25, 0.3) is 67.2 Å². The minimum absolute atomic E-state index is 0. The second-order valence-electron chi connectivity index (χ2n) is 15.1. The Hall–Kier alpha value is -7.62. The molecule has 0 aliphatic heterocycles. The summed E-state index contributed by atoms with van der Waals surface area (Å²) in [7, 11) is 0. The molecule has 15 nitrogen and oxygen atoms in total. The number of ether oxygens (including phenoxy) is 2. The van der Waals surface area contributed by atoms with Crippen LogP contribution in [-0.4, -0.2) is 71.8 Å². The van der Waals surface area contributed by atoms with Gasteiger partial charge in [0.05, 0.1) is 30.0 Å². The molecule has 4 aromatic carbocycles. The molecule has 0 saturated heterocycles. The number of pyridine rings is 2. The van der Waals surface area contributed by atoms with Crippen molar-refractivity contribution in [3.05, 3.63) is 119 Å². The van der Waals surface area contributed by atoms with Crippen molar-refractivity contribution in [3.8, 4) is 63.3 Å². The molecule has 67 heavy (non-hydrogen) atoms. The highest BCUT2D eigenvalue weighted by Crippen LogP contribution is 2.36. The summed E-state index contributed by atoms with van der Waals surface area (Å²) in [6.45, 7) is -0.829. The number of nitrogens with zero attached hydrogens (tertiary/aromatic N) is 7. The highest BCUT2D eigenvalue weighted by atomic mass is 35.5. The Labute approximate surface area is 389 Å². The number of fused-ring (bicyclic) bond motifs is 2. The molecule has 0 spiro atoms. The van der Waals surface area contributed by atoms with Crippen LogP contribution in [0.5, 0.6) is 11.5 Å². The molecule has 2 N–H and O–H groups in total. The predicted molar refractivity (Wildman–Crippen MR) is 240 cm³/mol. The Kier molecular flexibility index (Phi) is 14.6. The van der Waals surface area contributed by atoms with E-state index in [-0.39, 0.29) is 54.2 Å². The van der Waals surface area contributed by atoms with Crippen molar-refractivity contribution in [2.75, 3.05) is 13.2 Å². The topological polar surface area (TPSA) is 220 Å². The summed E-state index contributed by atoms with van der Waals surface area (Å²) >= 11 is 6.05. The Bertz CT molecular complexity index is 3130. The molecule has 0 unspecified atom stereocenters. The van der Waals surface area contributed by atoms with Gasteiger partial charge in [-0.05, 0) is 78.1 Å². The first-order valence-corrected chi connectivity index (χ1v) is 20.7. The first-order valence-electron chi connectivity index (χ1n) is 20.3. The smallest absolute Gasteiger partial charge is 0.422 e. The van der Waals surface area contributed by atoms with E-state index < -0.39 is 24.7 Å². The van der Waals surface area contributed by atoms with Crippen LogP contribution >= 0.6 is 24.0 Å². The number of alkyl halides is 3. The summed E-state index contributed by atoms with van der Waals surface area (Å²) in [6.07, 6.45) is 1.68. The molecular formula is C47H36Cl2F3N7O8. The van der Waals surface area contributed by atoms with Crippen LogP contribution in [0.3, 0.4) is 0 Å². The number of rotatable bonds is 15. The van der Waals surface area contributed by atoms with E-state index in [0.717, 1.165) is 27.1 Å². The monoisotopic (exact) mass is 953 g/mol. The third-order valence-electron chi connectivity index (χ3n) is 10.4. The van der Waals surface area contributed by atoms with E-state index in [1.807, 2.05) is 30.3 Å². The average molecular weight is 955 g/mol. The highest BCUT2D eigenvalue weighted by molar-refractivity contribution is 6.32. The number of carbonyl (C=O) groups is 2. The molecule has 0 bridgehead atoms. The summed E-state index contributed by atoms with van der Waals surface area (Å²) in [6, 6.07) is 26.3. The molecule has 0 radical (unpaired) electrons. The quantitative estimate of drug-likeness (QED) is 0.0976. The van der Waals surface area contributed by atoms with Crippen molar-refractivity contribution in [1.82, 2.24) is 30.2 Å². The minimum Gasteiger partial charge on any atom is -0.492 e. The lowest BCUT2D eigenvalue weighted by molar-refractivity contribution is -0.153. The summed E-state index contributed by atoms with van der Waals surface area (Å²) in [4.78, 5) is 39.5. The number of benzene rings is 4. The van der Waals surface area contributed by atoms with Crippen molar-refractivity contribution >= 4 is 57.5 Å². The number of nitriles is 1. The van der Waals surface area contributed by atoms with Gasteiger partial charge < -0.3 is 28.7 Å². The molecule has 0 atom stereocenters. The zero-order valence-electron chi connectivity index (χ0n) is 34.9. The SMILES string of the molecule is Cl.N#Cc1cc(-c2nc(-c3cccc4c(CCC(=O)O)nccc34)no2)ccc1OCC1CC1.O=C(O)CCc1nccc2c(-c3noc(-c4ccc(OCC(F)(F)F)c(Cl)c4)n3)cccc12. The van der Waals surface area contributed by atoms with Crippen molar-refractivity contribution in [2.45, 2.75) is 44.7 Å². The zero-order valence-corrected chi connectivity index (χ0v) is 36.4. The molecule has 0 amide bonds. The van der Waals surface area contributed by atoms with E-state index in [0.29, 0.717) is 70.1 Å². The van der Waals surface area contributed by atoms with Crippen molar-refractivity contribution in [1.29, 1.82) is 5.26 Å². The third kappa shape index (κ3) is 11.6. The molecule has 1 saturated carbocycles. The van der Waals surface area contributed by atoms with E-state index >= 15 is 0 Å². The molecule has 4 heterocycles. The van der Waals surface area contributed by atoms with Crippen molar-refractivity contribution in [2.24, 2.45) is 5.92 Å². The van der Waals surface area contributed by atoms with Crippen LogP contribution in [0.2, 0.25) is 5.02 Å². The lowest BCUT2D eigenvalue weighted by Crippen LogP contribution is -2.19. The molecule has 8 aromatic rings. The fourth-order valence-corrected chi connectivity index (χ4v) is 7.19. The van der Waals surface area contributed by atoms with Crippen LogP contribution in [0.4, 0.5) is 13.2 Å². The molecule has 1 aliphatic carbocycles. The average Bonchev–Trinajstić information content (AvgIpc) is 3.77. The zero-order chi connectivity index (χ0) is 46.4. The lowest BCUT2D eigenvalue weighted by atomic mass is 10.0. The number of aromatic nitrogens is 6. The Morgan fingerprint density at radius 3 is 1.73 bits per heavy atom. The molecule has 1 fully saturated rings.